The molecule has 0 radical (unpaired) electrons. The van der Waals surface area contributed by atoms with Crippen molar-refractivity contribution in [1.82, 2.24) is 10.2 Å². The monoisotopic (exact) mass is 585 g/mol. The van der Waals surface area contributed by atoms with Gasteiger partial charge in [0, 0.05) is 17.6 Å². The predicted molar refractivity (Wildman–Crippen MR) is 158 cm³/mol. The summed E-state index contributed by atoms with van der Waals surface area (Å²) in [6.45, 7) is 7.30. The van der Waals surface area contributed by atoms with Gasteiger partial charge in [0.05, 0.1) is 17.2 Å². The molecule has 3 rings (SSSR count). The Hall–Kier alpha value is -3.56. The Bertz CT molecular complexity index is 1380. The Morgan fingerprint density at radius 3 is 2.12 bits per heavy atom. The van der Waals surface area contributed by atoms with Crippen molar-refractivity contribution >= 4 is 39.1 Å². The van der Waals surface area contributed by atoms with Crippen LogP contribution in [0.25, 0.3) is 0 Å². The number of amides is 2. The molecule has 1 unspecified atom stereocenters. The minimum Gasteiger partial charge on any atom is -0.494 e. The average molecular weight is 586 g/mol. The molecule has 0 aromatic heterocycles. The highest BCUT2D eigenvalue weighted by Gasteiger charge is 2.34. The van der Waals surface area contributed by atoms with Crippen LogP contribution >= 0.6 is 11.6 Å². The fraction of sp³-hybridized carbons (Fsp3) is 0.333. The summed E-state index contributed by atoms with van der Waals surface area (Å²) in [6, 6.07) is 20.5. The molecule has 1 atom stereocenters. The SMILES string of the molecule is CCOc1ccc(N(CC(=O)N(Cc2ccccc2Cl)C(CC)C(=O)NC(C)C)S(=O)(=O)c2ccccc2)cc1. The zero-order valence-corrected chi connectivity index (χ0v) is 24.8. The van der Waals surface area contributed by atoms with E-state index >= 15 is 0 Å². The number of carbonyl (C=O) groups excluding carboxylic acids is 2. The largest absolute Gasteiger partial charge is 0.494 e. The molecule has 1 N–H and O–H groups in total. The third-order valence-electron chi connectivity index (χ3n) is 6.16. The topological polar surface area (TPSA) is 96.0 Å². The van der Waals surface area contributed by atoms with Gasteiger partial charge in [-0.05, 0) is 75.2 Å². The molecule has 2 amide bonds. The molecule has 214 valence electrons. The first-order valence-electron chi connectivity index (χ1n) is 13.2. The van der Waals surface area contributed by atoms with Crippen LogP contribution in [0.3, 0.4) is 0 Å². The Kier molecular flexibility index (Phi) is 11.0. The van der Waals surface area contributed by atoms with Crippen LogP contribution in [0, 0.1) is 0 Å². The van der Waals surface area contributed by atoms with E-state index in [9.17, 15) is 18.0 Å². The number of halogens is 1. The number of hydrogen-bond donors (Lipinski definition) is 1. The summed E-state index contributed by atoms with van der Waals surface area (Å²) in [4.78, 5) is 28.7. The summed E-state index contributed by atoms with van der Waals surface area (Å²) in [5.74, 6) is -0.290. The molecular weight excluding hydrogens is 550 g/mol. The van der Waals surface area contributed by atoms with Crippen molar-refractivity contribution < 1.29 is 22.7 Å². The van der Waals surface area contributed by atoms with E-state index < -0.39 is 28.5 Å². The van der Waals surface area contributed by atoms with Crippen LogP contribution in [0.2, 0.25) is 5.02 Å². The van der Waals surface area contributed by atoms with Gasteiger partial charge < -0.3 is 15.0 Å². The summed E-state index contributed by atoms with van der Waals surface area (Å²) in [6.07, 6.45) is 0.323. The number of nitrogens with zero attached hydrogens (tertiary/aromatic N) is 2. The van der Waals surface area contributed by atoms with Gasteiger partial charge in [0.2, 0.25) is 11.8 Å². The molecule has 3 aromatic carbocycles. The second-order valence-corrected chi connectivity index (χ2v) is 11.7. The lowest BCUT2D eigenvalue weighted by atomic mass is 10.1. The van der Waals surface area contributed by atoms with Gasteiger partial charge in [0.15, 0.2) is 0 Å². The summed E-state index contributed by atoms with van der Waals surface area (Å²) >= 11 is 6.42. The zero-order chi connectivity index (χ0) is 29.3. The van der Waals surface area contributed by atoms with E-state index in [0.717, 1.165) is 4.31 Å². The van der Waals surface area contributed by atoms with Gasteiger partial charge in [-0.15, -0.1) is 0 Å². The van der Waals surface area contributed by atoms with Crippen LogP contribution in [0.5, 0.6) is 5.75 Å². The van der Waals surface area contributed by atoms with Crippen molar-refractivity contribution in [1.29, 1.82) is 0 Å². The van der Waals surface area contributed by atoms with E-state index in [1.807, 2.05) is 27.7 Å². The van der Waals surface area contributed by atoms with Gasteiger partial charge >= 0.3 is 0 Å². The Labute approximate surface area is 241 Å². The van der Waals surface area contributed by atoms with E-state index in [1.165, 1.54) is 17.0 Å². The lowest BCUT2D eigenvalue weighted by molar-refractivity contribution is -0.140. The third kappa shape index (κ3) is 7.76. The van der Waals surface area contributed by atoms with Crippen molar-refractivity contribution in [2.75, 3.05) is 17.5 Å². The first-order chi connectivity index (χ1) is 19.1. The van der Waals surface area contributed by atoms with E-state index in [1.54, 1.807) is 66.7 Å². The van der Waals surface area contributed by atoms with E-state index in [-0.39, 0.29) is 29.1 Å². The average Bonchev–Trinajstić information content (AvgIpc) is 2.93. The standard InChI is InChI=1S/C30H36ClN3O5S/c1-5-28(30(36)32-22(3)4)33(20-23-12-10-11-15-27(23)31)29(35)21-34(24-16-18-25(19-17-24)39-6-2)40(37,38)26-13-8-7-9-14-26/h7-19,22,28H,5-6,20-21H2,1-4H3,(H,32,36). The number of anilines is 1. The van der Waals surface area contributed by atoms with Crippen molar-refractivity contribution in [3.05, 3.63) is 89.4 Å². The molecule has 0 saturated heterocycles. The fourth-order valence-electron chi connectivity index (χ4n) is 4.23. The Balaban J connectivity index is 2.06. The molecule has 0 aliphatic rings. The molecule has 0 bridgehead atoms. The fourth-order valence-corrected chi connectivity index (χ4v) is 5.86. The number of carbonyl (C=O) groups is 2. The number of nitrogens with one attached hydrogen (secondary N) is 1. The van der Waals surface area contributed by atoms with Crippen LogP contribution in [0.4, 0.5) is 5.69 Å². The van der Waals surface area contributed by atoms with Crippen molar-refractivity contribution in [3.8, 4) is 5.75 Å². The summed E-state index contributed by atoms with van der Waals surface area (Å²) in [7, 11) is -4.14. The van der Waals surface area contributed by atoms with Crippen LogP contribution in [-0.2, 0) is 26.2 Å². The molecule has 40 heavy (non-hydrogen) atoms. The first kappa shape index (κ1) is 31.0. The van der Waals surface area contributed by atoms with Gasteiger partial charge in [0.25, 0.3) is 10.0 Å². The Morgan fingerprint density at radius 1 is 0.925 bits per heavy atom. The molecule has 3 aromatic rings. The maximum absolute atomic E-state index is 14.1. The molecule has 0 aliphatic carbocycles. The maximum Gasteiger partial charge on any atom is 0.264 e. The lowest BCUT2D eigenvalue weighted by Gasteiger charge is -2.33. The minimum atomic E-state index is -4.14. The third-order valence-corrected chi connectivity index (χ3v) is 8.32. The van der Waals surface area contributed by atoms with Gasteiger partial charge in [-0.1, -0.05) is 54.9 Å². The van der Waals surface area contributed by atoms with E-state index in [4.69, 9.17) is 16.3 Å². The summed E-state index contributed by atoms with van der Waals surface area (Å²) in [5.41, 5.74) is 0.935. The molecular formula is C30H36ClN3O5S. The van der Waals surface area contributed by atoms with Crippen LogP contribution in [-0.4, -0.2) is 50.4 Å². The highest BCUT2D eigenvalue weighted by Crippen LogP contribution is 2.27. The number of benzene rings is 3. The van der Waals surface area contributed by atoms with E-state index in [0.29, 0.717) is 29.4 Å². The first-order valence-corrected chi connectivity index (χ1v) is 15.0. The van der Waals surface area contributed by atoms with Crippen LogP contribution < -0.4 is 14.4 Å². The molecule has 0 fully saturated rings. The van der Waals surface area contributed by atoms with Crippen LogP contribution in [0.1, 0.15) is 39.7 Å². The van der Waals surface area contributed by atoms with Crippen molar-refractivity contribution in [3.63, 3.8) is 0 Å². The summed E-state index contributed by atoms with van der Waals surface area (Å²) < 4.78 is 34.3. The van der Waals surface area contributed by atoms with Crippen LogP contribution in [0.15, 0.2) is 83.8 Å². The van der Waals surface area contributed by atoms with Crippen molar-refractivity contribution in [2.24, 2.45) is 0 Å². The predicted octanol–water partition coefficient (Wildman–Crippen LogP) is 5.27. The van der Waals surface area contributed by atoms with Gasteiger partial charge in [0.1, 0.15) is 18.3 Å². The lowest BCUT2D eigenvalue weighted by Crippen LogP contribution is -2.53. The number of hydrogen-bond acceptors (Lipinski definition) is 5. The molecule has 0 heterocycles. The summed E-state index contributed by atoms with van der Waals surface area (Å²) in [5, 5.41) is 3.32. The number of sulfonamides is 1. The molecule has 10 heteroatoms. The number of ether oxygens (including phenoxy) is 1. The zero-order valence-electron chi connectivity index (χ0n) is 23.2. The molecule has 0 aliphatic heterocycles. The van der Waals surface area contributed by atoms with E-state index in [2.05, 4.69) is 5.32 Å². The second kappa shape index (κ2) is 14.2. The van der Waals surface area contributed by atoms with Gasteiger partial charge in [-0.25, -0.2) is 8.42 Å². The van der Waals surface area contributed by atoms with Gasteiger partial charge in [-0.2, -0.15) is 0 Å². The highest BCUT2D eigenvalue weighted by molar-refractivity contribution is 7.92. The molecule has 0 saturated carbocycles. The quantitative estimate of drug-likeness (QED) is 0.295. The van der Waals surface area contributed by atoms with Crippen molar-refractivity contribution in [2.45, 2.75) is 57.6 Å². The normalized spacial score (nSPS) is 12.1. The Morgan fingerprint density at radius 2 is 1.55 bits per heavy atom. The highest BCUT2D eigenvalue weighted by atomic mass is 35.5. The minimum absolute atomic E-state index is 0.0328. The number of rotatable bonds is 13. The smallest absolute Gasteiger partial charge is 0.264 e. The molecule has 0 spiro atoms. The molecule has 8 nitrogen and oxygen atoms in total. The van der Waals surface area contributed by atoms with Gasteiger partial charge in [-0.3, -0.25) is 13.9 Å². The second-order valence-electron chi connectivity index (χ2n) is 9.45. The maximum atomic E-state index is 14.1.